The molecule has 0 bridgehead atoms. The minimum atomic E-state index is -2.68. The molecule has 0 saturated carbocycles. The zero-order valence-corrected chi connectivity index (χ0v) is 9.35. The highest BCUT2D eigenvalue weighted by atomic mass is 79.9. The van der Waals surface area contributed by atoms with Crippen molar-refractivity contribution >= 4 is 28.0 Å². The van der Waals surface area contributed by atoms with E-state index in [0.29, 0.717) is 6.29 Å². The summed E-state index contributed by atoms with van der Waals surface area (Å²) in [5, 5.41) is 0. The van der Waals surface area contributed by atoms with E-state index in [1.54, 1.807) is 0 Å². The predicted molar refractivity (Wildman–Crippen MR) is 54.5 cm³/mol. The van der Waals surface area contributed by atoms with Gasteiger partial charge in [0.2, 0.25) is 0 Å². The van der Waals surface area contributed by atoms with Crippen LogP contribution in [0.1, 0.15) is 39.6 Å². The lowest BCUT2D eigenvalue weighted by atomic mass is 10.0. The number of Topliss-reactive ketones (excluding diaryl/α,β-unsaturated/α-hetero) is 1. The largest absolute Gasteiger partial charge is 0.298 e. The molecule has 2 nitrogen and oxygen atoms in total. The Bertz CT molecular complexity index is 416. The van der Waals surface area contributed by atoms with Crippen LogP contribution in [0.4, 0.5) is 8.78 Å². The van der Waals surface area contributed by atoms with Gasteiger partial charge in [0.25, 0.3) is 6.43 Å². The predicted octanol–water partition coefficient (Wildman–Crippen LogP) is 3.40. The maximum Gasteiger partial charge on any atom is 0.264 e. The van der Waals surface area contributed by atoms with Crippen LogP contribution in [-0.2, 0) is 0 Å². The van der Waals surface area contributed by atoms with Crippen molar-refractivity contribution in [1.29, 1.82) is 0 Å². The first-order chi connectivity index (χ1) is 6.97. The van der Waals surface area contributed by atoms with E-state index in [2.05, 4.69) is 15.9 Å². The average molecular weight is 277 g/mol. The van der Waals surface area contributed by atoms with Gasteiger partial charge in [0.1, 0.15) is 0 Å². The van der Waals surface area contributed by atoms with Crippen molar-refractivity contribution in [3.63, 3.8) is 0 Å². The number of ketones is 1. The molecule has 0 radical (unpaired) electrons. The van der Waals surface area contributed by atoms with Crippen LogP contribution < -0.4 is 0 Å². The maximum atomic E-state index is 12.5. The van der Waals surface area contributed by atoms with Crippen molar-refractivity contribution in [2.45, 2.75) is 13.3 Å². The van der Waals surface area contributed by atoms with E-state index in [4.69, 9.17) is 0 Å². The number of carbonyl (C=O) groups is 2. The number of hydrogen-bond donors (Lipinski definition) is 0. The smallest absolute Gasteiger partial charge is 0.264 e. The summed E-state index contributed by atoms with van der Waals surface area (Å²) in [7, 11) is 0. The van der Waals surface area contributed by atoms with Crippen molar-refractivity contribution in [3.05, 3.63) is 33.3 Å². The molecule has 5 heteroatoms. The van der Waals surface area contributed by atoms with Crippen molar-refractivity contribution in [2.24, 2.45) is 0 Å². The average Bonchev–Trinajstić information content (AvgIpc) is 2.16. The first-order valence-corrected chi connectivity index (χ1v) is 4.84. The lowest BCUT2D eigenvalue weighted by Crippen LogP contribution is -2.01. The van der Waals surface area contributed by atoms with Crippen molar-refractivity contribution in [2.75, 3.05) is 0 Å². The number of aldehydes is 1. The highest BCUT2D eigenvalue weighted by Gasteiger charge is 2.17. The molecule has 15 heavy (non-hydrogen) atoms. The van der Waals surface area contributed by atoms with Crippen LogP contribution in [-0.4, -0.2) is 12.1 Å². The number of carbonyl (C=O) groups excluding carboxylic acids is 2. The Balaban J connectivity index is 3.43. The van der Waals surface area contributed by atoms with Crippen LogP contribution in [0.5, 0.6) is 0 Å². The summed E-state index contributed by atoms with van der Waals surface area (Å²) < 4.78 is 25.1. The summed E-state index contributed by atoms with van der Waals surface area (Å²) in [6.45, 7) is 1.23. The molecule has 0 spiro atoms. The van der Waals surface area contributed by atoms with E-state index in [-0.39, 0.29) is 21.2 Å². The molecule has 0 aliphatic heterocycles. The minimum absolute atomic E-state index is 0.0171. The Kier molecular flexibility index (Phi) is 3.68. The first-order valence-electron chi connectivity index (χ1n) is 4.05. The third-order valence-corrected chi connectivity index (χ3v) is 2.60. The number of alkyl halides is 2. The van der Waals surface area contributed by atoms with Crippen LogP contribution in [0.2, 0.25) is 0 Å². The molecular weight excluding hydrogens is 270 g/mol. The molecule has 1 aromatic rings. The molecule has 1 aromatic carbocycles. The van der Waals surface area contributed by atoms with Gasteiger partial charge in [-0.3, -0.25) is 9.59 Å². The van der Waals surface area contributed by atoms with Crippen molar-refractivity contribution in [1.82, 2.24) is 0 Å². The number of rotatable bonds is 3. The summed E-state index contributed by atoms with van der Waals surface area (Å²) in [4.78, 5) is 21.7. The van der Waals surface area contributed by atoms with E-state index in [0.717, 1.165) is 6.07 Å². The quantitative estimate of drug-likeness (QED) is 0.626. The van der Waals surface area contributed by atoms with Crippen LogP contribution in [0.25, 0.3) is 0 Å². The van der Waals surface area contributed by atoms with Gasteiger partial charge in [-0.2, -0.15) is 0 Å². The van der Waals surface area contributed by atoms with Gasteiger partial charge in [-0.15, -0.1) is 0 Å². The van der Waals surface area contributed by atoms with E-state index in [1.807, 2.05) is 0 Å². The molecule has 0 aromatic heterocycles. The van der Waals surface area contributed by atoms with Crippen LogP contribution in [0.15, 0.2) is 16.6 Å². The molecule has 0 amide bonds. The molecule has 0 aliphatic rings. The van der Waals surface area contributed by atoms with E-state index < -0.39 is 12.2 Å². The highest BCUT2D eigenvalue weighted by molar-refractivity contribution is 9.10. The van der Waals surface area contributed by atoms with Gasteiger partial charge in [-0.25, -0.2) is 8.78 Å². The first kappa shape index (κ1) is 12.0. The molecule has 0 aliphatic carbocycles. The molecule has 0 fully saturated rings. The molecular formula is C10H7BrF2O2. The Morgan fingerprint density at radius 3 is 2.47 bits per heavy atom. The fourth-order valence-electron chi connectivity index (χ4n) is 1.18. The maximum absolute atomic E-state index is 12.5. The van der Waals surface area contributed by atoms with E-state index in [1.165, 1.54) is 13.0 Å². The van der Waals surface area contributed by atoms with Gasteiger partial charge >= 0.3 is 0 Å². The Labute approximate surface area is 93.4 Å². The Hall–Kier alpha value is -1.10. The van der Waals surface area contributed by atoms with Gasteiger partial charge < -0.3 is 0 Å². The Morgan fingerprint density at radius 1 is 1.47 bits per heavy atom. The van der Waals surface area contributed by atoms with Gasteiger partial charge in [-0.05, 0) is 19.1 Å². The summed E-state index contributed by atoms with van der Waals surface area (Å²) in [6, 6.07) is 2.27. The molecule has 0 unspecified atom stereocenters. The SMILES string of the molecule is CC(=O)c1cc(C(F)F)c(Br)cc1C=O. The molecule has 0 atom stereocenters. The fraction of sp³-hybridized carbons (Fsp3) is 0.200. The zero-order valence-electron chi connectivity index (χ0n) is 7.76. The van der Waals surface area contributed by atoms with E-state index in [9.17, 15) is 18.4 Å². The van der Waals surface area contributed by atoms with Gasteiger partial charge in [-0.1, -0.05) is 15.9 Å². The number of halogens is 3. The number of hydrogen-bond acceptors (Lipinski definition) is 2. The van der Waals surface area contributed by atoms with Crippen LogP contribution in [0, 0.1) is 0 Å². The van der Waals surface area contributed by atoms with Gasteiger partial charge in [0, 0.05) is 21.2 Å². The molecule has 1 rings (SSSR count). The topological polar surface area (TPSA) is 34.1 Å². The second-order valence-corrected chi connectivity index (χ2v) is 3.79. The van der Waals surface area contributed by atoms with Gasteiger partial charge in [0.15, 0.2) is 12.1 Å². The molecule has 0 saturated heterocycles. The Morgan fingerprint density at radius 2 is 2.07 bits per heavy atom. The van der Waals surface area contributed by atoms with Crippen LogP contribution in [0.3, 0.4) is 0 Å². The second-order valence-electron chi connectivity index (χ2n) is 2.94. The minimum Gasteiger partial charge on any atom is -0.298 e. The summed E-state index contributed by atoms with van der Waals surface area (Å²) >= 11 is 2.92. The van der Waals surface area contributed by atoms with Crippen LogP contribution >= 0.6 is 15.9 Å². The monoisotopic (exact) mass is 276 g/mol. The normalized spacial score (nSPS) is 10.5. The highest BCUT2D eigenvalue weighted by Crippen LogP contribution is 2.29. The van der Waals surface area contributed by atoms with Crippen molar-refractivity contribution < 1.29 is 18.4 Å². The number of benzene rings is 1. The second kappa shape index (κ2) is 4.61. The third kappa shape index (κ3) is 2.47. The van der Waals surface area contributed by atoms with Crippen molar-refractivity contribution in [3.8, 4) is 0 Å². The molecule has 0 N–H and O–H groups in total. The van der Waals surface area contributed by atoms with E-state index >= 15 is 0 Å². The summed E-state index contributed by atoms with van der Waals surface area (Å²) in [5.74, 6) is -0.411. The molecule has 0 heterocycles. The lowest BCUT2D eigenvalue weighted by molar-refractivity contribution is 0.100. The zero-order chi connectivity index (χ0) is 11.6. The molecule has 80 valence electrons. The fourth-order valence-corrected chi connectivity index (χ4v) is 1.71. The van der Waals surface area contributed by atoms with Gasteiger partial charge in [0.05, 0.1) is 0 Å². The summed E-state index contributed by atoms with van der Waals surface area (Å²) in [5.41, 5.74) is -0.159. The standard InChI is InChI=1S/C10H7BrF2O2/c1-5(15)7-3-8(10(12)13)9(11)2-6(7)4-14/h2-4,10H,1H3. The summed E-state index contributed by atoms with van der Waals surface area (Å²) in [6.07, 6.45) is -2.21. The lowest BCUT2D eigenvalue weighted by Gasteiger charge is -2.07. The third-order valence-electron chi connectivity index (χ3n) is 1.91.